The van der Waals surface area contributed by atoms with Gasteiger partial charge in [-0.25, -0.2) is 9.37 Å². The van der Waals surface area contributed by atoms with E-state index in [4.69, 9.17) is 0 Å². The van der Waals surface area contributed by atoms with Gasteiger partial charge in [0.1, 0.15) is 11.6 Å². The molecule has 0 atom stereocenters. The summed E-state index contributed by atoms with van der Waals surface area (Å²) in [5, 5.41) is 0. The molecule has 21 heavy (non-hydrogen) atoms. The third kappa shape index (κ3) is 3.36. The van der Waals surface area contributed by atoms with E-state index in [2.05, 4.69) is 14.9 Å². The number of hydrogen-bond donors (Lipinski definition) is 1. The number of halogens is 1. The smallest absolute Gasteiger partial charge is 0.166 e. The predicted molar refractivity (Wildman–Crippen MR) is 77.3 cm³/mol. The van der Waals surface area contributed by atoms with E-state index in [-0.39, 0.29) is 17.5 Å². The number of H-pyrrole nitrogens is 1. The lowest BCUT2D eigenvalue weighted by Crippen LogP contribution is -2.36. The molecule has 1 N–H and O–H groups in total. The van der Waals surface area contributed by atoms with Crippen molar-refractivity contribution in [3.8, 4) is 0 Å². The highest BCUT2D eigenvalue weighted by atomic mass is 19.1. The van der Waals surface area contributed by atoms with E-state index in [9.17, 15) is 9.18 Å². The third-order valence-electron chi connectivity index (χ3n) is 4.02. The van der Waals surface area contributed by atoms with E-state index in [1.807, 2.05) is 6.20 Å². The number of aromatic nitrogens is 2. The van der Waals surface area contributed by atoms with Gasteiger partial charge in [-0.05, 0) is 50.2 Å². The van der Waals surface area contributed by atoms with E-state index < -0.39 is 0 Å². The SMILES string of the molecule is O=C(c1ccc(F)cc1)C1CCN(Cc2ncc[nH]2)CC1. The maximum atomic E-state index is 12.9. The van der Waals surface area contributed by atoms with Gasteiger partial charge in [-0.3, -0.25) is 9.69 Å². The predicted octanol–water partition coefficient (Wildman–Crippen LogP) is 2.64. The topological polar surface area (TPSA) is 49.0 Å². The average molecular weight is 287 g/mol. The standard InChI is InChI=1S/C16H18FN3O/c17-14-3-1-12(2-4-14)16(21)13-5-9-20(10-6-13)11-15-18-7-8-19-15/h1-4,7-8,13H,5-6,9-11H2,(H,18,19). The Morgan fingerprint density at radius 3 is 2.62 bits per heavy atom. The lowest BCUT2D eigenvalue weighted by molar-refractivity contribution is 0.0833. The second kappa shape index (κ2) is 6.18. The number of benzene rings is 1. The van der Waals surface area contributed by atoms with Crippen molar-refractivity contribution in [3.63, 3.8) is 0 Å². The number of Topliss-reactive ketones (excluding diaryl/α,β-unsaturated/α-hetero) is 1. The summed E-state index contributed by atoms with van der Waals surface area (Å²) in [4.78, 5) is 22.0. The van der Waals surface area contributed by atoms with Crippen LogP contribution in [0.1, 0.15) is 29.0 Å². The van der Waals surface area contributed by atoms with Crippen LogP contribution in [0.4, 0.5) is 4.39 Å². The summed E-state index contributed by atoms with van der Waals surface area (Å²) in [5.74, 6) is 0.828. The van der Waals surface area contributed by atoms with Crippen LogP contribution >= 0.6 is 0 Å². The Balaban J connectivity index is 1.55. The molecule has 1 fully saturated rings. The van der Waals surface area contributed by atoms with Crippen molar-refractivity contribution >= 4 is 5.78 Å². The molecule has 1 aromatic carbocycles. The van der Waals surface area contributed by atoms with Crippen molar-refractivity contribution in [3.05, 3.63) is 53.9 Å². The third-order valence-corrected chi connectivity index (χ3v) is 4.02. The first kappa shape index (κ1) is 13.9. The molecule has 0 spiro atoms. The molecule has 0 saturated carbocycles. The van der Waals surface area contributed by atoms with E-state index in [1.165, 1.54) is 12.1 Å². The normalized spacial score (nSPS) is 17.0. The van der Waals surface area contributed by atoms with Gasteiger partial charge < -0.3 is 4.98 Å². The quantitative estimate of drug-likeness (QED) is 0.879. The van der Waals surface area contributed by atoms with Crippen LogP contribution < -0.4 is 0 Å². The van der Waals surface area contributed by atoms with Crippen LogP contribution in [0, 0.1) is 11.7 Å². The Morgan fingerprint density at radius 2 is 2.00 bits per heavy atom. The number of nitrogens with one attached hydrogen (secondary N) is 1. The fourth-order valence-electron chi connectivity index (χ4n) is 2.80. The van der Waals surface area contributed by atoms with Gasteiger partial charge in [-0.1, -0.05) is 0 Å². The molecule has 0 unspecified atom stereocenters. The minimum Gasteiger partial charge on any atom is -0.348 e. The fraction of sp³-hybridized carbons (Fsp3) is 0.375. The number of carbonyl (C=O) groups excluding carboxylic acids is 1. The van der Waals surface area contributed by atoms with Crippen molar-refractivity contribution in [2.45, 2.75) is 19.4 Å². The lowest BCUT2D eigenvalue weighted by Gasteiger charge is -2.30. The zero-order chi connectivity index (χ0) is 14.7. The molecular formula is C16H18FN3O. The summed E-state index contributed by atoms with van der Waals surface area (Å²) in [6.45, 7) is 2.57. The molecule has 110 valence electrons. The van der Waals surface area contributed by atoms with E-state index in [0.29, 0.717) is 5.56 Å². The summed E-state index contributed by atoms with van der Waals surface area (Å²) in [5.41, 5.74) is 0.612. The van der Waals surface area contributed by atoms with Gasteiger partial charge in [0.25, 0.3) is 0 Å². The molecular weight excluding hydrogens is 269 g/mol. The molecule has 0 amide bonds. The van der Waals surface area contributed by atoms with Crippen LogP contribution in [0.5, 0.6) is 0 Å². The Hall–Kier alpha value is -2.01. The van der Waals surface area contributed by atoms with Crippen molar-refractivity contribution in [2.24, 2.45) is 5.92 Å². The van der Waals surface area contributed by atoms with Crippen molar-refractivity contribution in [2.75, 3.05) is 13.1 Å². The lowest BCUT2D eigenvalue weighted by atomic mass is 9.89. The zero-order valence-corrected chi connectivity index (χ0v) is 11.8. The van der Waals surface area contributed by atoms with Crippen molar-refractivity contribution in [1.82, 2.24) is 14.9 Å². The first-order valence-electron chi connectivity index (χ1n) is 7.23. The summed E-state index contributed by atoms with van der Waals surface area (Å²) < 4.78 is 12.9. The summed E-state index contributed by atoms with van der Waals surface area (Å²) in [7, 11) is 0. The highest BCUT2D eigenvalue weighted by molar-refractivity contribution is 5.97. The number of likely N-dealkylation sites (tertiary alicyclic amines) is 1. The number of ketones is 1. The van der Waals surface area contributed by atoms with Gasteiger partial charge in [0.05, 0.1) is 6.54 Å². The Kier molecular flexibility index (Phi) is 4.10. The maximum absolute atomic E-state index is 12.9. The molecule has 3 rings (SSSR count). The molecule has 1 saturated heterocycles. The van der Waals surface area contributed by atoms with E-state index >= 15 is 0 Å². The Morgan fingerprint density at radius 1 is 1.29 bits per heavy atom. The molecule has 1 aromatic heterocycles. The van der Waals surface area contributed by atoms with Gasteiger partial charge in [0, 0.05) is 23.9 Å². The number of rotatable bonds is 4. The number of nitrogens with zero attached hydrogens (tertiary/aromatic N) is 2. The fourth-order valence-corrected chi connectivity index (χ4v) is 2.80. The maximum Gasteiger partial charge on any atom is 0.166 e. The van der Waals surface area contributed by atoms with Crippen LogP contribution in [0.25, 0.3) is 0 Å². The second-order valence-corrected chi connectivity index (χ2v) is 5.46. The highest BCUT2D eigenvalue weighted by Crippen LogP contribution is 2.22. The van der Waals surface area contributed by atoms with Crippen LogP contribution in [0.2, 0.25) is 0 Å². The van der Waals surface area contributed by atoms with Gasteiger partial charge >= 0.3 is 0 Å². The second-order valence-electron chi connectivity index (χ2n) is 5.46. The van der Waals surface area contributed by atoms with Gasteiger partial charge in [0.2, 0.25) is 0 Å². The first-order valence-corrected chi connectivity index (χ1v) is 7.23. The monoisotopic (exact) mass is 287 g/mol. The van der Waals surface area contributed by atoms with Gasteiger partial charge in [0.15, 0.2) is 5.78 Å². The largest absolute Gasteiger partial charge is 0.348 e. The van der Waals surface area contributed by atoms with Crippen LogP contribution in [0.3, 0.4) is 0 Å². The van der Waals surface area contributed by atoms with Gasteiger partial charge in [-0.2, -0.15) is 0 Å². The summed E-state index contributed by atoms with van der Waals surface area (Å²) in [6, 6.07) is 5.85. The summed E-state index contributed by atoms with van der Waals surface area (Å²) in [6.07, 6.45) is 5.26. The molecule has 1 aliphatic heterocycles. The molecule has 0 bridgehead atoms. The molecule has 5 heteroatoms. The van der Waals surface area contributed by atoms with E-state index in [1.54, 1.807) is 18.3 Å². The summed E-state index contributed by atoms with van der Waals surface area (Å²) >= 11 is 0. The number of imidazole rings is 1. The zero-order valence-electron chi connectivity index (χ0n) is 11.8. The average Bonchev–Trinajstić information content (AvgIpc) is 3.01. The first-order chi connectivity index (χ1) is 10.2. The van der Waals surface area contributed by atoms with Crippen molar-refractivity contribution < 1.29 is 9.18 Å². The Bertz CT molecular complexity index is 586. The number of aromatic amines is 1. The van der Waals surface area contributed by atoms with Crippen LogP contribution in [-0.4, -0.2) is 33.7 Å². The molecule has 0 radical (unpaired) electrons. The number of hydrogen-bond acceptors (Lipinski definition) is 3. The molecule has 4 nitrogen and oxygen atoms in total. The van der Waals surface area contributed by atoms with Crippen LogP contribution in [-0.2, 0) is 6.54 Å². The molecule has 1 aliphatic rings. The van der Waals surface area contributed by atoms with E-state index in [0.717, 1.165) is 38.3 Å². The minimum atomic E-state index is -0.306. The van der Waals surface area contributed by atoms with Crippen molar-refractivity contribution in [1.29, 1.82) is 0 Å². The highest BCUT2D eigenvalue weighted by Gasteiger charge is 2.26. The number of carbonyl (C=O) groups is 1. The molecule has 2 heterocycles. The number of piperidine rings is 1. The van der Waals surface area contributed by atoms with Crippen LogP contribution in [0.15, 0.2) is 36.7 Å². The Labute approximate surface area is 123 Å². The van der Waals surface area contributed by atoms with Gasteiger partial charge in [-0.15, -0.1) is 0 Å². The molecule has 2 aromatic rings. The molecule has 0 aliphatic carbocycles. The minimum absolute atomic E-state index is 0.0447.